The van der Waals surface area contributed by atoms with Gasteiger partial charge >= 0.3 is 5.97 Å². The summed E-state index contributed by atoms with van der Waals surface area (Å²) < 4.78 is 4.97. The zero-order chi connectivity index (χ0) is 7.14. The van der Waals surface area contributed by atoms with E-state index in [4.69, 9.17) is 4.74 Å². The Hall–Kier alpha value is -1.05. The second-order valence-electron chi connectivity index (χ2n) is 2.70. The minimum absolute atomic E-state index is 0.0231. The molecule has 1 aliphatic carbocycles. The van der Waals surface area contributed by atoms with Gasteiger partial charge in [0.15, 0.2) is 0 Å². The van der Waals surface area contributed by atoms with Gasteiger partial charge in [0.25, 0.3) is 0 Å². The van der Waals surface area contributed by atoms with Crippen LogP contribution in [0.1, 0.15) is 6.42 Å². The van der Waals surface area contributed by atoms with E-state index in [2.05, 4.69) is 6.58 Å². The van der Waals surface area contributed by atoms with Crippen LogP contribution in [0.5, 0.6) is 0 Å². The number of hydrogen-bond acceptors (Lipinski definition) is 2. The SMILES string of the molecule is C=C1CC2C=CC1C(=O)O2. The molecule has 2 unspecified atom stereocenters. The molecule has 2 aliphatic heterocycles. The summed E-state index contributed by atoms with van der Waals surface area (Å²) >= 11 is 0. The van der Waals surface area contributed by atoms with Gasteiger partial charge in [0.2, 0.25) is 0 Å². The van der Waals surface area contributed by atoms with Crippen molar-refractivity contribution in [2.24, 2.45) is 5.92 Å². The summed E-state index contributed by atoms with van der Waals surface area (Å²) in [4.78, 5) is 10.9. The molecular weight excluding hydrogens is 128 g/mol. The Morgan fingerprint density at radius 2 is 2.40 bits per heavy atom. The first-order valence-electron chi connectivity index (χ1n) is 3.34. The molecule has 1 saturated heterocycles. The molecule has 2 bridgehead atoms. The van der Waals surface area contributed by atoms with Gasteiger partial charge in [-0.25, -0.2) is 0 Å². The minimum atomic E-state index is -0.148. The smallest absolute Gasteiger partial charge is 0.317 e. The van der Waals surface area contributed by atoms with Gasteiger partial charge < -0.3 is 4.74 Å². The number of carbonyl (C=O) groups excluding carboxylic acids is 1. The van der Waals surface area contributed by atoms with Gasteiger partial charge in [-0.2, -0.15) is 0 Å². The van der Waals surface area contributed by atoms with E-state index >= 15 is 0 Å². The van der Waals surface area contributed by atoms with E-state index in [0.29, 0.717) is 0 Å². The first kappa shape index (κ1) is 5.71. The highest BCUT2D eigenvalue weighted by Gasteiger charge is 2.34. The number of fused-ring (bicyclic) bond motifs is 2. The van der Waals surface area contributed by atoms with Crippen molar-refractivity contribution in [3.63, 3.8) is 0 Å². The minimum Gasteiger partial charge on any atom is -0.457 e. The van der Waals surface area contributed by atoms with Crippen LogP contribution in [0.4, 0.5) is 0 Å². The Balaban J connectivity index is 2.39. The maximum absolute atomic E-state index is 10.9. The van der Waals surface area contributed by atoms with E-state index in [1.807, 2.05) is 12.2 Å². The lowest BCUT2D eigenvalue weighted by Gasteiger charge is -2.31. The van der Waals surface area contributed by atoms with Gasteiger partial charge in [0.05, 0.1) is 5.92 Å². The quantitative estimate of drug-likeness (QED) is 0.367. The summed E-state index contributed by atoms with van der Waals surface area (Å²) in [5.74, 6) is -0.284. The molecule has 10 heavy (non-hydrogen) atoms. The molecule has 0 spiro atoms. The average molecular weight is 136 g/mol. The molecule has 0 aromatic carbocycles. The maximum Gasteiger partial charge on any atom is 0.317 e. The van der Waals surface area contributed by atoms with E-state index in [0.717, 1.165) is 12.0 Å². The zero-order valence-corrected chi connectivity index (χ0v) is 5.54. The number of esters is 1. The van der Waals surface area contributed by atoms with Crippen LogP contribution in [0.2, 0.25) is 0 Å². The highest BCUT2D eigenvalue weighted by atomic mass is 16.5. The Kier molecular flexibility index (Phi) is 0.982. The van der Waals surface area contributed by atoms with E-state index in [1.54, 1.807) is 0 Å². The normalized spacial score (nSPS) is 36.4. The first-order valence-corrected chi connectivity index (χ1v) is 3.34. The Bertz CT molecular complexity index is 209. The average Bonchev–Trinajstić information content (AvgIpc) is 1.86. The van der Waals surface area contributed by atoms with Gasteiger partial charge in [-0.05, 0) is 6.08 Å². The summed E-state index contributed by atoms with van der Waals surface area (Å²) in [5.41, 5.74) is 0.990. The van der Waals surface area contributed by atoms with Crippen LogP contribution in [-0.4, -0.2) is 12.1 Å². The van der Waals surface area contributed by atoms with Crippen molar-refractivity contribution in [2.75, 3.05) is 0 Å². The molecule has 0 saturated carbocycles. The molecule has 2 atom stereocenters. The molecule has 52 valence electrons. The molecule has 3 aliphatic rings. The van der Waals surface area contributed by atoms with E-state index in [1.165, 1.54) is 0 Å². The van der Waals surface area contributed by atoms with Crippen LogP contribution in [0, 0.1) is 5.92 Å². The fourth-order valence-electron chi connectivity index (χ4n) is 1.37. The van der Waals surface area contributed by atoms with Crippen molar-refractivity contribution in [1.82, 2.24) is 0 Å². The van der Waals surface area contributed by atoms with E-state index in [9.17, 15) is 4.79 Å². The number of ether oxygens (including phenoxy) is 1. The lowest BCUT2D eigenvalue weighted by atomic mass is 9.87. The molecule has 2 nitrogen and oxygen atoms in total. The van der Waals surface area contributed by atoms with Gasteiger partial charge in [0, 0.05) is 6.42 Å². The molecule has 0 aromatic rings. The Labute approximate surface area is 59.2 Å². The molecule has 3 rings (SSSR count). The molecule has 0 radical (unpaired) electrons. The third kappa shape index (κ3) is 0.618. The van der Waals surface area contributed by atoms with Gasteiger partial charge in [0.1, 0.15) is 6.10 Å². The maximum atomic E-state index is 10.9. The third-order valence-corrected chi connectivity index (χ3v) is 1.94. The summed E-state index contributed by atoms with van der Waals surface area (Å²) in [6, 6.07) is 0. The van der Waals surface area contributed by atoms with Crippen LogP contribution < -0.4 is 0 Å². The second-order valence-corrected chi connectivity index (χ2v) is 2.70. The second kappa shape index (κ2) is 1.72. The van der Waals surface area contributed by atoms with Crippen LogP contribution in [0.3, 0.4) is 0 Å². The predicted molar refractivity (Wildman–Crippen MR) is 36.3 cm³/mol. The predicted octanol–water partition coefficient (Wildman–Crippen LogP) is 1.04. The first-order chi connectivity index (χ1) is 4.77. The standard InChI is InChI=1S/C8H8O2/c1-5-4-6-2-3-7(5)8(9)10-6/h2-3,6-7H,1,4H2. The van der Waals surface area contributed by atoms with Crippen LogP contribution >= 0.6 is 0 Å². The van der Waals surface area contributed by atoms with Crippen molar-refractivity contribution in [2.45, 2.75) is 12.5 Å². The number of hydrogen-bond donors (Lipinski definition) is 0. The van der Waals surface area contributed by atoms with Crippen LogP contribution in [0.25, 0.3) is 0 Å². The number of rotatable bonds is 0. The monoisotopic (exact) mass is 136 g/mol. The molecule has 2 heterocycles. The summed E-state index contributed by atoms with van der Waals surface area (Å²) in [5, 5.41) is 0. The fraction of sp³-hybridized carbons (Fsp3) is 0.375. The summed E-state index contributed by atoms with van der Waals surface area (Å²) in [7, 11) is 0. The van der Waals surface area contributed by atoms with Crippen molar-refractivity contribution in [3.8, 4) is 0 Å². The van der Waals surface area contributed by atoms with Gasteiger partial charge in [-0.1, -0.05) is 18.2 Å². The Morgan fingerprint density at radius 3 is 2.80 bits per heavy atom. The van der Waals surface area contributed by atoms with Gasteiger partial charge in [-0.15, -0.1) is 0 Å². The van der Waals surface area contributed by atoms with Crippen molar-refractivity contribution >= 4 is 5.97 Å². The molecular formula is C8H8O2. The zero-order valence-electron chi connectivity index (χ0n) is 5.54. The largest absolute Gasteiger partial charge is 0.457 e. The fourth-order valence-corrected chi connectivity index (χ4v) is 1.37. The highest BCUT2D eigenvalue weighted by Crippen LogP contribution is 2.31. The third-order valence-electron chi connectivity index (χ3n) is 1.94. The lowest BCUT2D eigenvalue weighted by molar-refractivity contribution is -0.153. The van der Waals surface area contributed by atoms with Crippen molar-refractivity contribution < 1.29 is 9.53 Å². The molecule has 2 heteroatoms. The van der Waals surface area contributed by atoms with Crippen molar-refractivity contribution in [1.29, 1.82) is 0 Å². The summed E-state index contributed by atoms with van der Waals surface area (Å²) in [6.07, 6.45) is 4.60. The molecule has 0 aromatic heterocycles. The molecule has 0 N–H and O–H groups in total. The summed E-state index contributed by atoms with van der Waals surface area (Å²) in [6.45, 7) is 3.80. The highest BCUT2D eigenvalue weighted by molar-refractivity contribution is 5.80. The number of carbonyl (C=O) groups is 1. The van der Waals surface area contributed by atoms with Crippen LogP contribution in [0.15, 0.2) is 24.3 Å². The Morgan fingerprint density at radius 1 is 1.60 bits per heavy atom. The molecule has 1 fully saturated rings. The molecule has 0 amide bonds. The van der Waals surface area contributed by atoms with Crippen molar-refractivity contribution in [3.05, 3.63) is 24.3 Å². The lowest BCUT2D eigenvalue weighted by Crippen LogP contribution is -2.34. The topological polar surface area (TPSA) is 26.3 Å². The van der Waals surface area contributed by atoms with E-state index < -0.39 is 0 Å². The van der Waals surface area contributed by atoms with Crippen LogP contribution in [-0.2, 0) is 9.53 Å². The van der Waals surface area contributed by atoms with E-state index in [-0.39, 0.29) is 18.0 Å². The van der Waals surface area contributed by atoms with Gasteiger partial charge in [-0.3, -0.25) is 4.79 Å².